The molecule has 1 heterocycles. The van der Waals surface area contributed by atoms with Crippen molar-refractivity contribution in [1.82, 2.24) is 14.8 Å². The first-order valence-corrected chi connectivity index (χ1v) is 6.65. The second kappa shape index (κ2) is 5.76. The van der Waals surface area contributed by atoms with Crippen molar-refractivity contribution in [3.8, 4) is 17.4 Å². The van der Waals surface area contributed by atoms with Gasteiger partial charge in [0.05, 0.1) is 11.8 Å². The lowest BCUT2D eigenvalue weighted by molar-refractivity contribution is 0.199. The fourth-order valence-corrected chi connectivity index (χ4v) is 1.92. The maximum absolute atomic E-state index is 9.46. The lowest BCUT2D eigenvalue weighted by atomic mass is 10.1. The summed E-state index contributed by atoms with van der Waals surface area (Å²) in [6, 6.07) is 17.2. The zero-order chi connectivity index (χ0) is 14.7. The molecule has 5 nitrogen and oxygen atoms in total. The van der Waals surface area contributed by atoms with Gasteiger partial charge in [-0.15, -0.1) is 5.10 Å². The van der Waals surface area contributed by atoms with E-state index in [2.05, 4.69) is 10.1 Å². The molecule has 3 aromatic rings. The number of ether oxygens (including phenoxy) is 1. The summed E-state index contributed by atoms with van der Waals surface area (Å²) in [6.45, 7) is 1.72. The molecule has 1 atom stereocenters. The van der Waals surface area contributed by atoms with Gasteiger partial charge in [0, 0.05) is 0 Å². The van der Waals surface area contributed by atoms with E-state index in [1.807, 2.05) is 42.5 Å². The topological polar surface area (TPSA) is 60.2 Å². The molecule has 0 saturated carbocycles. The molecule has 0 aliphatic heterocycles. The number of rotatable bonds is 4. The van der Waals surface area contributed by atoms with Crippen molar-refractivity contribution in [3.63, 3.8) is 0 Å². The average molecular weight is 281 g/mol. The van der Waals surface area contributed by atoms with E-state index < -0.39 is 6.10 Å². The molecule has 1 N–H and O–H groups in total. The minimum absolute atomic E-state index is 0.281. The second-order valence-corrected chi connectivity index (χ2v) is 4.65. The molecule has 5 heteroatoms. The minimum Gasteiger partial charge on any atom is -0.423 e. The zero-order valence-corrected chi connectivity index (χ0v) is 11.5. The summed E-state index contributed by atoms with van der Waals surface area (Å²) >= 11 is 0. The van der Waals surface area contributed by atoms with Crippen LogP contribution in [0.5, 0.6) is 11.8 Å². The van der Waals surface area contributed by atoms with E-state index >= 15 is 0 Å². The first kappa shape index (κ1) is 13.3. The first-order chi connectivity index (χ1) is 10.2. The fourth-order valence-electron chi connectivity index (χ4n) is 1.92. The van der Waals surface area contributed by atoms with Gasteiger partial charge in [0.25, 0.3) is 0 Å². The van der Waals surface area contributed by atoms with E-state index in [1.165, 1.54) is 0 Å². The van der Waals surface area contributed by atoms with Crippen LogP contribution in [0.4, 0.5) is 0 Å². The Bertz CT molecular complexity index is 706. The standard InChI is InChI=1S/C16H15N3O2/c1-12(20)13-7-9-15(10-8-13)21-16-17-11-19(18-16)14-5-3-2-4-6-14/h2-12,20H,1H3/t12-/m0/s1. The van der Waals surface area contributed by atoms with Crippen LogP contribution in [0, 0.1) is 0 Å². The van der Waals surface area contributed by atoms with Crippen molar-refractivity contribution in [3.05, 3.63) is 66.5 Å². The van der Waals surface area contributed by atoms with Crippen molar-refractivity contribution in [2.75, 3.05) is 0 Å². The molecular weight excluding hydrogens is 266 g/mol. The van der Waals surface area contributed by atoms with Crippen molar-refractivity contribution in [2.24, 2.45) is 0 Å². The molecule has 1 aromatic heterocycles. The van der Waals surface area contributed by atoms with Crippen molar-refractivity contribution in [1.29, 1.82) is 0 Å². The summed E-state index contributed by atoms with van der Waals surface area (Å²) in [7, 11) is 0. The number of benzene rings is 2. The Morgan fingerprint density at radius 2 is 1.76 bits per heavy atom. The lowest BCUT2D eigenvalue weighted by Crippen LogP contribution is -1.95. The Balaban J connectivity index is 1.75. The SMILES string of the molecule is C[C@H](O)c1ccc(Oc2ncn(-c3ccccc3)n2)cc1. The van der Waals surface area contributed by atoms with Crippen LogP contribution >= 0.6 is 0 Å². The quantitative estimate of drug-likeness (QED) is 0.798. The highest BCUT2D eigenvalue weighted by Crippen LogP contribution is 2.21. The molecular formula is C16H15N3O2. The van der Waals surface area contributed by atoms with Gasteiger partial charge in [-0.05, 0) is 36.8 Å². The van der Waals surface area contributed by atoms with Gasteiger partial charge in [0.15, 0.2) is 0 Å². The minimum atomic E-state index is -0.491. The summed E-state index contributed by atoms with van der Waals surface area (Å²) in [5.74, 6) is 0.630. The van der Waals surface area contributed by atoms with Gasteiger partial charge in [-0.3, -0.25) is 0 Å². The molecule has 0 saturated heterocycles. The lowest BCUT2D eigenvalue weighted by Gasteiger charge is -2.05. The average Bonchev–Trinajstić information content (AvgIpc) is 2.97. The van der Waals surface area contributed by atoms with Gasteiger partial charge in [-0.1, -0.05) is 30.3 Å². The zero-order valence-electron chi connectivity index (χ0n) is 11.5. The highest BCUT2D eigenvalue weighted by Gasteiger charge is 2.06. The monoisotopic (exact) mass is 281 g/mol. The van der Waals surface area contributed by atoms with Crippen LogP contribution in [0.3, 0.4) is 0 Å². The summed E-state index contributed by atoms with van der Waals surface area (Å²) in [4.78, 5) is 4.13. The van der Waals surface area contributed by atoms with Gasteiger partial charge in [0.1, 0.15) is 12.1 Å². The molecule has 0 unspecified atom stereocenters. The summed E-state index contributed by atoms with van der Waals surface area (Å²) in [6.07, 6.45) is 1.11. The Labute approximate surface area is 122 Å². The van der Waals surface area contributed by atoms with Crippen LogP contribution < -0.4 is 4.74 Å². The van der Waals surface area contributed by atoms with Gasteiger partial charge in [-0.2, -0.15) is 4.98 Å². The highest BCUT2D eigenvalue weighted by atomic mass is 16.5. The van der Waals surface area contributed by atoms with E-state index in [4.69, 9.17) is 4.74 Å². The molecule has 0 aliphatic carbocycles. The van der Waals surface area contributed by atoms with E-state index in [-0.39, 0.29) is 6.01 Å². The van der Waals surface area contributed by atoms with Crippen molar-refractivity contribution < 1.29 is 9.84 Å². The van der Waals surface area contributed by atoms with Crippen LogP contribution in [-0.2, 0) is 0 Å². The predicted octanol–water partition coefficient (Wildman–Crippen LogP) is 3.11. The maximum Gasteiger partial charge on any atom is 0.341 e. The van der Waals surface area contributed by atoms with Crippen LogP contribution in [0.25, 0.3) is 5.69 Å². The molecule has 2 aromatic carbocycles. The molecule has 0 radical (unpaired) electrons. The first-order valence-electron chi connectivity index (χ1n) is 6.65. The number of para-hydroxylation sites is 1. The summed E-state index contributed by atoms with van der Waals surface area (Å²) in [5, 5.41) is 13.7. The Kier molecular flexibility index (Phi) is 3.66. The van der Waals surface area contributed by atoms with E-state index in [1.54, 1.807) is 30.1 Å². The third-order valence-corrected chi connectivity index (χ3v) is 3.06. The Morgan fingerprint density at radius 1 is 1.05 bits per heavy atom. The van der Waals surface area contributed by atoms with Gasteiger partial charge < -0.3 is 9.84 Å². The fraction of sp³-hybridized carbons (Fsp3) is 0.125. The largest absolute Gasteiger partial charge is 0.423 e. The molecule has 0 aliphatic rings. The number of aliphatic hydroxyl groups excluding tert-OH is 1. The predicted molar refractivity (Wildman–Crippen MR) is 78.5 cm³/mol. The van der Waals surface area contributed by atoms with Crippen molar-refractivity contribution in [2.45, 2.75) is 13.0 Å². The summed E-state index contributed by atoms with van der Waals surface area (Å²) < 4.78 is 7.24. The van der Waals surface area contributed by atoms with Gasteiger partial charge in [-0.25, -0.2) is 4.68 Å². The third kappa shape index (κ3) is 3.09. The van der Waals surface area contributed by atoms with Crippen molar-refractivity contribution >= 4 is 0 Å². The molecule has 106 valence electrons. The molecule has 0 bridgehead atoms. The number of hydrogen-bond acceptors (Lipinski definition) is 4. The second-order valence-electron chi connectivity index (χ2n) is 4.65. The Hall–Kier alpha value is -2.66. The number of aromatic nitrogens is 3. The molecule has 3 rings (SSSR count). The van der Waals surface area contributed by atoms with Gasteiger partial charge >= 0.3 is 6.01 Å². The van der Waals surface area contributed by atoms with E-state index in [9.17, 15) is 5.11 Å². The molecule has 0 fully saturated rings. The van der Waals surface area contributed by atoms with Crippen LogP contribution in [-0.4, -0.2) is 19.9 Å². The molecule has 21 heavy (non-hydrogen) atoms. The smallest absolute Gasteiger partial charge is 0.341 e. The molecule has 0 spiro atoms. The van der Waals surface area contributed by atoms with Crippen LogP contribution in [0.2, 0.25) is 0 Å². The summed E-state index contributed by atoms with van der Waals surface area (Å²) in [5.41, 5.74) is 1.76. The number of nitrogens with zero attached hydrogens (tertiary/aromatic N) is 3. The van der Waals surface area contributed by atoms with E-state index in [0.717, 1.165) is 11.3 Å². The highest BCUT2D eigenvalue weighted by molar-refractivity contribution is 5.31. The third-order valence-electron chi connectivity index (χ3n) is 3.06. The number of aliphatic hydroxyl groups is 1. The normalized spacial score (nSPS) is 12.1. The maximum atomic E-state index is 9.46. The van der Waals surface area contributed by atoms with E-state index in [0.29, 0.717) is 5.75 Å². The van der Waals surface area contributed by atoms with Crippen LogP contribution in [0.1, 0.15) is 18.6 Å². The van der Waals surface area contributed by atoms with Gasteiger partial charge in [0.2, 0.25) is 0 Å². The Morgan fingerprint density at radius 3 is 2.43 bits per heavy atom. The van der Waals surface area contributed by atoms with Crippen LogP contribution in [0.15, 0.2) is 60.9 Å². The molecule has 0 amide bonds. The number of hydrogen-bond donors (Lipinski definition) is 1.